The van der Waals surface area contributed by atoms with Crippen LogP contribution in [0, 0.1) is 13.8 Å². The summed E-state index contributed by atoms with van der Waals surface area (Å²) in [5.41, 5.74) is 10.0. The molecule has 0 aromatic heterocycles. The molecule has 2 fully saturated rings. The first-order valence-corrected chi connectivity index (χ1v) is 7.86. The standard InChI is InChI=1S/C17H26N2O2/c1-11-7-12(2)16(14(8-11)20-3)17(18)15-9-19-6-4-5-13(19)10-21-15/h7-8,13,15,17H,4-6,9-10,18H2,1-3H3. The van der Waals surface area contributed by atoms with Crippen molar-refractivity contribution >= 4 is 0 Å². The lowest BCUT2D eigenvalue weighted by Gasteiger charge is -2.38. The predicted molar refractivity (Wildman–Crippen MR) is 83.7 cm³/mol. The van der Waals surface area contributed by atoms with E-state index in [0.717, 1.165) is 24.5 Å². The average molecular weight is 290 g/mol. The summed E-state index contributed by atoms with van der Waals surface area (Å²) in [7, 11) is 1.71. The molecule has 2 aliphatic rings. The molecule has 4 heteroatoms. The number of methoxy groups -OCH3 is 1. The molecule has 0 radical (unpaired) electrons. The Kier molecular flexibility index (Phi) is 4.20. The van der Waals surface area contributed by atoms with Crippen LogP contribution in [0.15, 0.2) is 12.1 Å². The highest BCUT2D eigenvalue weighted by Gasteiger charge is 2.36. The van der Waals surface area contributed by atoms with Crippen molar-refractivity contribution in [3.05, 3.63) is 28.8 Å². The van der Waals surface area contributed by atoms with Gasteiger partial charge in [-0.1, -0.05) is 6.07 Å². The van der Waals surface area contributed by atoms with Gasteiger partial charge in [0.05, 0.1) is 25.9 Å². The Bertz CT molecular complexity index is 518. The highest BCUT2D eigenvalue weighted by molar-refractivity contribution is 5.45. The molecule has 3 unspecified atom stereocenters. The highest BCUT2D eigenvalue weighted by Crippen LogP contribution is 2.34. The molecule has 0 saturated carbocycles. The third-order valence-corrected chi connectivity index (χ3v) is 4.86. The van der Waals surface area contributed by atoms with Gasteiger partial charge in [0.15, 0.2) is 0 Å². The number of benzene rings is 1. The summed E-state index contributed by atoms with van der Waals surface area (Å²) < 4.78 is 11.6. The van der Waals surface area contributed by atoms with E-state index in [1.165, 1.54) is 30.5 Å². The fourth-order valence-electron chi connectivity index (χ4n) is 3.78. The Morgan fingerprint density at radius 2 is 2.19 bits per heavy atom. The number of hydrogen-bond acceptors (Lipinski definition) is 4. The lowest BCUT2D eigenvalue weighted by atomic mass is 9.94. The summed E-state index contributed by atoms with van der Waals surface area (Å²) in [6.45, 7) is 7.11. The van der Waals surface area contributed by atoms with E-state index < -0.39 is 0 Å². The van der Waals surface area contributed by atoms with E-state index in [9.17, 15) is 0 Å². The first-order chi connectivity index (χ1) is 10.1. The number of morpholine rings is 1. The minimum Gasteiger partial charge on any atom is -0.496 e. The van der Waals surface area contributed by atoms with Crippen molar-refractivity contribution in [3.8, 4) is 5.75 Å². The smallest absolute Gasteiger partial charge is 0.124 e. The summed E-state index contributed by atoms with van der Waals surface area (Å²) in [6.07, 6.45) is 2.59. The van der Waals surface area contributed by atoms with Crippen LogP contribution in [0.4, 0.5) is 0 Å². The van der Waals surface area contributed by atoms with E-state index >= 15 is 0 Å². The van der Waals surface area contributed by atoms with Crippen LogP contribution in [0.3, 0.4) is 0 Å². The normalized spacial score (nSPS) is 27.4. The lowest BCUT2D eigenvalue weighted by molar-refractivity contribution is -0.0600. The maximum absolute atomic E-state index is 6.55. The maximum Gasteiger partial charge on any atom is 0.124 e. The molecule has 2 saturated heterocycles. The molecule has 3 atom stereocenters. The number of nitrogens with two attached hydrogens (primary N) is 1. The molecular formula is C17H26N2O2. The number of aryl methyl sites for hydroxylation is 2. The Labute approximate surface area is 127 Å². The van der Waals surface area contributed by atoms with Gasteiger partial charge in [-0.15, -0.1) is 0 Å². The largest absolute Gasteiger partial charge is 0.496 e. The number of nitrogens with zero attached hydrogens (tertiary/aromatic N) is 1. The van der Waals surface area contributed by atoms with Crippen molar-refractivity contribution in [1.82, 2.24) is 4.90 Å². The molecule has 1 aromatic rings. The Morgan fingerprint density at radius 1 is 1.38 bits per heavy atom. The molecule has 0 spiro atoms. The van der Waals surface area contributed by atoms with E-state index in [0.29, 0.717) is 6.04 Å². The van der Waals surface area contributed by atoms with Crippen molar-refractivity contribution in [2.45, 2.75) is 44.9 Å². The summed E-state index contributed by atoms with van der Waals surface area (Å²) >= 11 is 0. The minimum absolute atomic E-state index is 0.0506. The van der Waals surface area contributed by atoms with Gasteiger partial charge in [0, 0.05) is 18.2 Å². The van der Waals surface area contributed by atoms with E-state index in [-0.39, 0.29) is 12.1 Å². The molecule has 4 nitrogen and oxygen atoms in total. The van der Waals surface area contributed by atoms with Crippen LogP contribution in [0.2, 0.25) is 0 Å². The second-order valence-electron chi connectivity index (χ2n) is 6.39. The van der Waals surface area contributed by atoms with E-state index in [1.807, 2.05) is 0 Å². The highest BCUT2D eigenvalue weighted by atomic mass is 16.5. The zero-order chi connectivity index (χ0) is 15.0. The van der Waals surface area contributed by atoms with Crippen molar-refractivity contribution in [3.63, 3.8) is 0 Å². The van der Waals surface area contributed by atoms with E-state index in [4.69, 9.17) is 15.2 Å². The number of rotatable bonds is 3. The van der Waals surface area contributed by atoms with E-state index in [1.54, 1.807) is 7.11 Å². The SMILES string of the molecule is COc1cc(C)cc(C)c1C(N)C1CN2CCCC2CO1. The molecule has 2 N–H and O–H groups in total. The van der Waals surface area contributed by atoms with Crippen LogP contribution in [0.5, 0.6) is 5.75 Å². The van der Waals surface area contributed by atoms with Crippen LogP contribution in [0.25, 0.3) is 0 Å². The number of ether oxygens (including phenoxy) is 2. The molecule has 116 valence electrons. The van der Waals surface area contributed by atoms with Gasteiger partial charge in [0.2, 0.25) is 0 Å². The van der Waals surface area contributed by atoms with E-state index in [2.05, 4.69) is 30.9 Å². The van der Waals surface area contributed by atoms with Crippen LogP contribution < -0.4 is 10.5 Å². The third kappa shape index (κ3) is 2.80. The van der Waals surface area contributed by atoms with Crippen molar-refractivity contribution in [2.24, 2.45) is 5.73 Å². The molecular weight excluding hydrogens is 264 g/mol. The van der Waals surface area contributed by atoms with Gasteiger partial charge in [0.25, 0.3) is 0 Å². The topological polar surface area (TPSA) is 47.7 Å². The molecule has 21 heavy (non-hydrogen) atoms. The molecule has 2 heterocycles. The molecule has 0 bridgehead atoms. The molecule has 2 aliphatic heterocycles. The van der Waals surface area contributed by atoms with Gasteiger partial charge >= 0.3 is 0 Å². The molecule has 0 aliphatic carbocycles. The number of fused-ring (bicyclic) bond motifs is 1. The van der Waals surface area contributed by atoms with Gasteiger partial charge in [0.1, 0.15) is 5.75 Å². The molecule has 0 amide bonds. The Hall–Kier alpha value is -1.10. The van der Waals surface area contributed by atoms with Gasteiger partial charge in [-0.3, -0.25) is 4.90 Å². The molecule has 1 aromatic carbocycles. The minimum atomic E-state index is -0.137. The number of hydrogen-bond donors (Lipinski definition) is 1. The van der Waals surface area contributed by atoms with Gasteiger partial charge < -0.3 is 15.2 Å². The monoisotopic (exact) mass is 290 g/mol. The van der Waals surface area contributed by atoms with Crippen molar-refractivity contribution in [1.29, 1.82) is 0 Å². The van der Waals surface area contributed by atoms with Crippen molar-refractivity contribution < 1.29 is 9.47 Å². The quantitative estimate of drug-likeness (QED) is 0.927. The van der Waals surface area contributed by atoms with Crippen LogP contribution in [0.1, 0.15) is 35.6 Å². The fraction of sp³-hybridized carbons (Fsp3) is 0.647. The van der Waals surface area contributed by atoms with Gasteiger partial charge in [-0.05, 0) is 50.4 Å². The van der Waals surface area contributed by atoms with Gasteiger partial charge in [-0.2, -0.15) is 0 Å². The predicted octanol–water partition coefficient (Wildman–Crippen LogP) is 2.18. The second-order valence-corrected chi connectivity index (χ2v) is 6.39. The van der Waals surface area contributed by atoms with Gasteiger partial charge in [-0.25, -0.2) is 0 Å². The van der Waals surface area contributed by atoms with Crippen LogP contribution in [-0.2, 0) is 4.74 Å². The Balaban J connectivity index is 1.83. The summed E-state index contributed by atoms with van der Waals surface area (Å²) in [6, 6.07) is 4.69. The van der Waals surface area contributed by atoms with Crippen molar-refractivity contribution in [2.75, 3.05) is 26.8 Å². The first-order valence-electron chi connectivity index (χ1n) is 7.86. The zero-order valence-corrected chi connectivity index (χ0v) is 13.3. The van der Waals surface area contributed by atoms with Crippen LogP contribution in [-0.4, -0.2) is 43.9 Å². The maximum atomic E-state index is 6.55. The summed E-state index contributed by atoms with van der Waals surface area (Å²) in [5, 5.41) is 0. The van der Waals surface area contributed by atoms with Crippen LogP contribution >= 0.6 is 0 Å². The fourth-order valence-corrected chi connectivity index (χ4v) is 3.78. The average Bonchev–Trinajstić information content (AvgIpc) is 2.93. The summed E-state index contributed by atoms with van der Waals surface area (Å²) in [4.78, 5) is 2.53. The zero-order valence-electron chi connectivity index (χ0n) is 13.3. The Morgan fingerprint density at radius 3 is 2.95 bits per heavy atom. The first kappa shape index (κ1) is 14.8. The summed E-state index contributed by atoms with van der Waals surface area (Å²) in [5.74, 6) is 0.882. The lowest BCUT2D eigenvalue weighted by Crippen LogP contribution is -2.49. The second kappa shape index (κ2) is 5.95. The molecule has 3 rings (SSSR count). The third-order valence-electron chi connectivity index (χ3n) is 4.86.